The van der Waals surface area contributed by atoms with Gasteiger partial charge in [-0.3, -0.25) is 4.79 Å². The predicted molar refractivity (Wildman–Crippen MR) is 87.0 cm³/mol. The van der Waals surface area contributed by atoms with Gasteiger partial charge < -0.3 is 0 Å². The third kappa shape index (κ3) is 2.92. The van der Waals surface area contributed by atoms with Crippen molar-refractivity contribution in [3.05, 3.63) is 69.3 Å². The zero-order chi connectivity index (χ0) is 16.6. The fraction of sp³-hybridized carbons (Fsp3) is 0. The van der Waals surface area contributed by atoms with E-state index in [1.807, 2.05) is 0 Å². The molecule has 0 atom stereocenters. The monoisotopic (exact) mass is 396 g/mol. The maximum Gasteiger partial charge on any atom is 0.155 e. The molecular formula is C16H8BrClF2N2O. The van der Waals surface area contributed by atoms with Crippen LogP contribution in [0.4, 0.5) is 8.78 Å². The van der Waals surface area contributed by atoms with Crippen molar-refractivity contribution in [1.29, 1.82) is 0 Å². The Morgan fingerprint density at radius 1 is 1.13 bits per heavy atom. The first kappa shape index (κ1) is 15.8. The van der Waals surface area contributed by atoms with Crippen molar-refractivity contribution < 1.29 is 13.6 Å². The van der Waals surface area contributed by atoms with E-state index in [9.17, 15) is 13.6 Å². The second-order valence-electron chi connectivity index (χ2n) is 4.69. The minimum atomic E-state index is -0.741. The summed E-state index contributed by atoms with van der Waals surface area (Å²) < 4.78 is 28.4. The lowest BCUT2D eigenvalue weighted by Gasteiger charge is -2.04. The van der Waals surface area contributed by atoms with Gasteiger partial charge in [0.15, 0.2) is 6.29 Å². The maximum atomic E-state index is 13.4. The second-order valence-corrected chi connectivity index (χ2v) is 5.85. The Morgan fingerprint density at radius 3 is 2.39 bits per heavy atom. The molecule has 3 aromatic rings. The second kappa shape index (κ2) is 6.22. The largest absolute Gasteiger partial charge is 0.298 e. The molecule has 0 unspecified atom stereocenters. The van der Waals surface area contributed by atoms with Gasteiger partial charge >= 0.3 is 0 Å². The van der Waals surface area contributed by atoms with Gasteiger partial charge in [-0.25, -0.2) is 13.5 Å². The summed E-state index contributed by atoms with van der Waals surface area (Å²) in [6.07, 6.45) is 0.613. The van der Waals surface area contributed by atoms with Gasteiger partial charge in [0.25, 0.3) is 0 Å². The van der Waals surface area contributed by atoms with Crippen LogP contribution in [0.1, 0.15) is 10.4 Å². The van der Waals surface area contributed by atoms with Gasteiger partial charge in [-0.2, -0.15) is 5.10 Å². The highest BCUT2D eigenvalue weighted by atomic mass is 79.9. The molecule has 7 heteroatoms. The van der Waals surface area contributed by atoms with Gasteiger partial charge in [0, 0.05) is 11.6 Å². The molecule has 0 aliphatic carbocycles. The molecule has 0 saturated carbocycles. The summed E-state index contributed by atoms with van der Waals surface area (Å²) in [5, 5.41) is 4.70. The smallest absolute Gasteiger partial charge is 0.155 e. The normalized spacial score (nSPS) is 10.8. The number of nitrogens with zero attached hydrogens (tertiary/aromatic N) is 2. The van der Waals surface area contributed by atoms with E-state index in [0.717, 1.165) is 18.2 Å². The van der Waals surface area contributed by atoms with Crippen molar-refractivity contribution in [3.8, 4) is 16.9 Å². The number of aldehydes is 1. The summed E-state index contributed by atoms with van der Waals surface area (Å²) in [5.74, 6) is -1.48. The standard InChI is InChI=1S/C16H8BrClF2N2O/c17-16-13(8-23)15(12-3-1-2-4-14(12)18)21-22(16)11-6-9(19)5-10(20)7-11/h1-8H. The molecule has 0 amide bonds. The number of carbonyl (C=O) groups excluding carboxylic acids is 1. The highest BCUT2D eigenvalue weighted by Gasteiger charge is 2.20. The molecule has 1 heterocycles. The first-order valence-corrected chi connectivity index (χ1v) is 7.63. The third-order valence-corrected chi connectivity index (χ3v) is 4.29. The molecule has 2 aromatic carbocycles. The molecule has 0 aliphatic rings. The van der Waals surface area contributed by atoms with Crippen LogP contribution >= 0.6 is 27.5 Å². The molecule has 0 bridgehead atoms. The molecule has 0 saturated heterocycles. The Hall–Kier alpha value is -2.05. The number of benzene rings is 2. The minimum absolute atomic E-state index is 0.149. The lowest BCUT2D eigenvalue weighted by Crippen LogP contribution is -1.99. The summed E-state index contributed by atoms with van der Waals surface area (Å²) in [4.78, 5) is 11.4. The van der Waals surface area contributed by atoms with Crippen molar-refractivity contribution in [3.63, 3.8) is 0 Å². The topological polar surface area (TPSA) is 34.9 Å². The third-order valence-electron chi connectivity index (χ3n) is 3.20. The van der Waals surface area contributed by atoms with E-state index < -0.39 is 11.6 Å². The van der Waals surface area contributed by atoms with Crippen molar-refractivity contribution in [2.24, 2.45) is 0 Å². The summed E-state index contributed by atoms with van der Waals surface area (Å²) in [6.45, 7) is 0. The van der Waals surface area contributed by atoms with Crippen molar-refractivity contribution in [2.75, 3.05) is 0 Å². The summed E-state index contributed by atoms with van der Waals surface area (Å²) in [5.41, 5.74) is 1.26. The number of hydrogen-bond donors (Lipinski definition) is 0. The Labute approximate surface area is 143 Å². The van der Waals surface area contributed by atoms with E-state index in [-0.39, 0.29) is 15.9 Å². The molecule has 0 aliphatic heterocycles. The first-order valence-electron chi connectivity index (χ1n) is 6.46. The summed E-state index contributed by atoms with van der Waals surface area (Å²) >= 11 is 9.40. The average molecular weight is 398 g/mol. The molecule has 0 spiro atoms. The van der Waals surface area contributed by atoms with Gasteiger partial charge in [0.05, 0.1) is 16.3 Å². The van der Waals surface area contributed by atoms with E-state index in [2.05, 4.69) is 21.0 Å². The van der Waals surface area contributed by atoms with E-state index in [1.54, 1.807) is 24.3 Å². The highest BCUT2D eigenvalue weighted by Crippen LogP contribution is 2.33. The molecular weight excluding hydrogens is 390 g/mol. The van der Waals surface area contributed by atoms with Crippen LogP contribution in [-0.2, 0) is 0 Å². The van der Waals surface area contributed by atoms with Gasteiger partial charge in [0.2, 0.25) is 0 Å². The van der Waals surface area contributed by atoms with Crippen LogP contribution in [0.3, 0.4) is 0 Å². The lowest BCUT2D eigenvalue weighted by atomic mass is 10.1. The first-order chi connectivity index (χ1) is 11.0. The average Bonchev–Trinajstić information content (AvgIpc) is 2.83. The summed E-state index contributed by atoms with van der Waals surface area (Å²) in [6, 6.07) is 9.87. The number of rotatable bonds is 3. The van der Waals surface area contributed by atoms with Crippen molar-refractivity contribution in [1.82, 2.24) is 9.78 Å². The number of aromatic nitrogens is 2. The Balaban J connectivity index is 2.25. The lowest BCUT2D eigenvalue weighted by molar-refractivity contribution is 0.112. The van der Waals surface area contributed by atoms with Crippen LogP contribution in [-0.4, -0.2) is 16.1 Å². The Bertz CT molecular complexity index is 891. The zero-order valence-electron chi connectivity index (χ0n) is 11.4. The van der Waals surface area contributed by atoms with Crippen LogP contribution in [0, 0.1) is 11.6 Å². The molecule has 3 rings (SSSR count). The van der Waals surface area contributed by atoms with Crippen LogP contribution in [0.5, 0.6) is 0 Å². The van der Waals surface area contributed by atoms with E-state index in [4.69, 9.17) is 11.6 Å². The quantitative estimate of drug-likeness (QED) is 0.580. The Morgan fingerprint density at radius 2 is 1.78 bits per heavy atom. The molecule has 1 aromatic heterocycles. The zero-order valence-corrected chi connectivity index (χ0v) is 13.8. The van der Waals surface area contributed by atoms with E-state index >= 15 is 0 Å². The molecule has 116 valence electrons. The van der Waals surface area contributed by atoms with Crippen molar-refractivity contribution in [2.45, 2.75) is 0 Å². The SMILES string of the molecule is O=Cc1c(-c2ccccc2Cl)nn(-c2cc(F)cc(F)c2)c1Br. The predicted octanol–water partition coefficient (Wildman–Crippen LogP) is 5.05. The van der Waals surface area contributed by atoms with E-state index in [1.165, 1.54) is 4.68 Å². The molecule has 0 N–H and O–H groups in total. The van der Waals surface area contributed by atoms with Crippen molar-refractivity contribution >= 4 is 33.8 Å². The van der Waals surface area contributed by atoms with Gasteiger partial charge in [-0.1, -0.05) is 29.8 Å². The van der Waals surface area contributed by atoms with Crippen LogP contribution in [0.15, 0.2) is 47.1 Å². The maximum absolute atomic E-state index is 13.4. The molecule has 0 radical (unpaired) electrons. The molecule has 0 fully saturated rings. The fourth-order valence-electron chi connectivity index (χ4n) is 2.20. The summed E-state index contributed by atoms with van der Waals surface area (Å²) in [7, 11) is 0. The van der Waals surface area contributed by atoms with Gasteiger partial charge in [0.1, 0.15) is 21.9 Å². The number of halogens is 4. The van der Waals surface area contributed by atoms with Crippen LogP contribution < -0.4 is 0 Å². The number of carbonyl (C=O) groups is 1. The molecule has 23 heavy (non-hydrogen) atoms. The Kier molecular flexibility index (Phi) is 4.28. The van der Waals surface area contributed by atoms with Gasteiger partial charge in [-0.15, -0.1) is 0 Å². The minimum Gasteiger partial charge on any atom is -0.298 e. The fourth-order valence-corrected chi connectivity index (χ4v) is 2.99. The van der Waals surface area contributed by atoms with Gasteiger partial charge in [-0.05, 0) is 34.1 Å². The van der Waals surface area contributed by atoms with Crippen LogP contribution in [0.2, 0.25) is 5.02 Å². The van der Waals surface area contributed by atoms with E-state index in [0.29, 0.717) is 22.6 Å². The number of hydrogen-bond acceptors (Lipinski definition) is 2. The van der Waals surface area contributed by atoms with Crippen LogP contribution in [0.25, 0.3) is 16.9 Å². The molecule has 3 nitrogen and oxygen atoms in total. The highest BCUT2D eigenvalue weighted by molar-refractivity contribution is 9.10.